The number of nitrogens with zero attached hydrogens (tertiary/aromatic N) is 1. The summed E-state index contributed by atoms with van der Waals surface area (Å²) in [5.41, 5.74) is 1.81. The zero-order valence-electron chi connectivity index (χ0n) is 13.7. The van der Waals surface area contributed by atoms with E-state index in [1.165, 1.54) is 0 Å². The third kappa shape index (κ3) is 4.91. The molecule has 0 saturated carbocycles. The van der Waals surface area contributed by atoms with Crippen molar-refractivity contribution >= 4 is 23.2 Å². The zero-order chi connectivity index (χ0) is 16.7. The number of carbonyl (C=O) groups is 1. The monoisotopic (exact) mass is 333 g/mol. The van der Waals surface area contributed by atoms with Crippen molar-refractivity contribution in [2.45, 2.75) is 25.8 Å². The summed E-state index contributed by atoms with van der Waals surface area (Å²) in [6.45, 7) is 3.74. The summed E-state index contributed by atoms with van der Waals surface area (Å²) >= 11 is 5.98. The molecule has 0 spiro atoms. The van der Waals surface area contributed by atoms with E-state index in [1.54, 1.807) is 7.05 Å². The van der Waals surface area contributed by atoms with E-state index in [0.29, 0.717) is 5.02 Å². The Balaban J connectivity index is 2.22. The Morgan fingerprint density at radius 1 is 1.35 bits per heavy atom. The molecule has 5 heteroatoms. The fourth-order valence-electron chi connectivity index (χ4n) is 2.80. The summed E-state index contributed by atoms with van der Waals surface area (Å²) in [7, 11) is 1.74. The van der Waals surface area contributed by atoms with Crippen molar-refractivity contribution in [2.24, 2.45) is 10.9 Å². The Labute approximate surface area is 143 Å². The van der Waals surface area contributed by atoms with Crippen molar-refractivity contribution in [1.82, 2.24) is 10.6 Å². The van der Waals surface area contributed by atoms with Gasteiger partial charge in [0, 0.05) is 18.0 Å². The molecular formula is C18H24ClN3O. The van der Waals surface area contributed by atoms with E-state index in [9.17, 15) is 4.79 Å². The first-order chi connectivity index (χ1) is 11.2. The number of amides is 1. The molecule has 0 aromatic heterocycles. The van der Waals surface area contributed by atoms with Gasteiger partial charge in [-0.25, -0.2) is 0 Å². The Morgan fingerprint density at radius 3 is 2.57 bits per heavy atom. The van der Waals surface area contributed by atoms with Crippen LogP contribution in [0, 0.1) is 5.92 Å². The topological polar surface area (TPSA) is 53.5 Å². The third-order valence-electron chi connectivity index (χ3n) is 4.09. The SMILES string of the molecule is C/C=C\C(=NC)C(NC(=O)C1CCNCC1)c1ccc(Cl)cc1. The van der Waals surface area contributed by atoms with E-state index in [4.69, 9.17) is 11.6 Å². The molecule has 1 unspecified atom stereocenters. The average molecular weight is 334 g/mol. The summed E-state index contributed by atoms with van der Waals surface area (Å²) in [6, 6.07) is 7.29. The maximum absolute atomic E-state index is 12.6. The summed E-state index contributed by atoms with van der Waals surface area (Å²) < 4.78 is 0. The highest BCUT2D eigenvalue weighted by Crippen LogP contribution is 2.21. The van der Waals surface area contributed by atoms with Crippen molar-refractivity contribution in [3.05, 3.63) is 47.0 Å². The second-order valence-electron chi connectivity index (χ2n) is 5.67. The van der Waals surface area contributed by atoms with Gasteiger partial charge in [-0.3, -0.25) is 9.79 Å². The molecule has 1 aromatic carbocycles. The minimum atomic E-state index is -0.254. The Bertz CT molecular complexity index is 574. The van der Waals surface area contributed by atoms with Crippen LogP contribution in [0.1, 0.15) is 31.4 Å². The van der Waals surface area contributed by atoms with Crippen molar-refractivity contribution < 1.29 is 4.79 Å². The van der Waals surface area contributed by atoms with Gasteiger partial charge in [0.15, 0.2) is 0 Å². The van der Waals surface area contributed by atoms with Crippen LogP contribution >= 0.6 is 11.6 Å². The molecule has 1 atom stereocenters. The number of piperidine rings is 1. The zero-order valence-corrected chi connectivity index (χ0v) is 14.4. The number of carbonyl (C=O) groups excluding carboxylic acids is 1. The minimum Gasteiger partial charge on any atom is -0.343 e. The van der Waals surface area contributed by atoms with Crippen LogP contribution in [0.4, 0.5) is 0 Å². The van der Waals surface area contributed by atoms with Crippen molar-refractivity contribution in [3.8, 4) is 0 Å². The van der Waals surface area contributed by atoms with E-state index in [2.05, 4.69) is 15.6 Å². The van der Waals surface area contributed by atoms with Crippen LogP contribution < -0.4 is 10.6 Å². The first kappa shape index (κ1) is 17.7. The maximum Gasteiger partial charge on any atom is 0.224 e. The van der Waals surface area contributed by atoms with Crippen LogP contribution in [0.3, 0.4) is 0 Å². The van der Waals surface area contributed by atoms with Crippen LogP contribution in [0.25, 0.3) is 0 Å². The molecule has 23 heavy (non-hydrogen) atoms. The molecule has 2 N–H and O–H groups in total. The molecule has 0 aliphatic carbocycles. The Kier molecular flexibility index (Phi) is 6.81. The van der Waals surface area contributed by atoms with Gasteiger partial charge < -0.3 is 10.6 Å². The van der Waals surface area contributed by atoms with E-state index in [0.717, 1.165) is 37.2 Å². The number of nitrogens with one attached hydrogen (secondary N) is 2. The number of allylic oxidation sites excluding steroid dienone is 1. The normalized spacial score (nSPS) is 18.1. The first-order valence-electron chi connectivity index (χ1n) is 8.01. The predicted octanol–water partition coefficient (Wildman–Crippen LogP) is 3.14. The number of aliphatic imine (C=N–C) groups is 1. The van der Waals surface area contributed by atoms with Gasteiger partial charge in [-0.05, 0) is 56.6 Å². The summed E-state index contributed by atoms with van der Waals surface area (Å²) in [5.74, 6) is 0.159. The molecular weight excluding hydrogens is 310 g/mol. The highest BCUT2D eigenvalue weighted by atomic mass is 35.5. The minimum absolute atomic E-state index is 0.0646. The van der Waals surface area contributed by atoms with E-state index < -0.39 is 0 Å². The van der Waals surface area contributed by atoms with Gasteiger partial charge >= 0.3 is 0 Å². The van der Waals surface area contributed by atoms with Gasteiger partial charge in [0.2, 0.25) is 5.91 Å². The van der Waals surface area contributed by atoms with Gasteiger partial charge in [0.05, 0.1) is 11.8 Å². The predicted molar refractivity (Wildman–Crippen MR) is 96.1 cm³/mol. The van der Waals surface area contributed by atoms with E-state index in [-0.39, 0.29) is 17.9 Å². The van der Waals surface area contributed by atoms with Crippen LogP contribution in [0.2, 0.25) is 5.02 Å². The second-order valence-corrected chi connectivity index (χ2v) is 6.10. The summed E-state index contributed by atoms with van der Waals surface area (Å²) in [4.78, 5) is 17.0. The molecule has 1 aliphatic rings. The number of benzene rings is 1. The lowest BCUT2D eigenvalue weighted by Gasteiger charge is -2.26. The van der Waals surface area contributed by atoms with Crippen LogP contribution in [-0.4, -0.2) is 31.8 Å². The molecule has 124 valence electrons. The molecule has 1 saturated heterocycles. The number of hydrogen-bond acceptors (Lipinski definition) is 3. The largest absolute Gasteiger partial charge is 0.343 e. The molecule has 4 nitrogen and oxygen atoms in total. The molecule has 1 heterocycles. The molecule has 1 fully saturated rings. The summed E-state index contributed by atoms with van der Waals surface area (Å²) in [5, 5.41) is 7.13. The lowest BCUT2D eigenvalue weighted by Crippen LogP contribution is -2.41. The fraction of sp³-hybridized carbons (Fsp3) is 0.444. The van der Waals surface area contributed by atoms with Gasteiger partial charge in [0.25, 0.3) is 0 Å². The van der Waals surface area contributed by atoms with Crippen molar-refractivity contribution in [2.75, 3.05) is 20.1 Å². The smallest absolute Gasteiger partial charge is 0.224 e. The molecule has 0 bridgehead atoms. The van der Waals surface area contributed by atoms with Crippen LogP contribution in [-0.2, 0) is 4.79 Å². The number of halogens is 1. The van der Waals surface area contributed by atoms with Crippen molar-refractivity contribution in [1.29, 1.82) is 0 Å². The standard InChI is InChI=1S/C18H24ClN3O/c1-3-4-16(20-2)17(13-5-7-15(19)8-6-13)22-18(23)14-9-11-21-12-10-14/h3-8,14,17,21H,9-12H2,1-2H3,(H,22,23)/b4-3-,20-16?. The fourth-order valence-corrected chi connectivity index (χ4v) is 2.92. The molecule has 1 aliphatic heterocycles. The molecule has 1 amide bonds. The quantitative estimate of drug-likeness (QED) is 0.813. The third-order valence-corrected chi connectivity index (χ3v) is 4.34. The lowest BCUT2D eigenvalue weighted by molar-refractivity contribution is -0.126. The van der Waals surface area contributed by atoms with Crippen LogP contribution in [0.15, 0.2) is 41.4 Å². The van der Waals surface area contributed by atoms with Gasteiger partial charge in [-0.2, -0.15) is 0 Å². The van der Waals surface area contributed by atoms with E-state index in [1.807, 2.05) is 43.3 Å². The lowest BCUT2D eigenvalue weighted by atomic mass is 9.95. The van der Waals surface area contributed by atoms with Gasteiger partial charge in [0.1, 0.15) is 0 Å². The first-order valence-corrected chi connectivity index (χ1v) is 8.39. The molecule has 2 rings (SSSR count). The highest BCUT2D eigenvalue weighted by molar-refractivity contribution is 6.30. The highest BCUT2D eigenvalue weighted by Gasteiger charge is 2.25. The van der Waals surface area contributed by atoms with Gasteiger partial charge in [-0.1, -0.05) is 29.8 Å². The average Bonchev–Trinajstić information content (AvgIpc) is 2.59. The Hall–Kier alpha value is -1.65. The summed E-state index contributed by atoms with van der Waals surface area (Å²) in [6.07, 6.45) is 5.62. The number of rotatable bonds is 5. The van der Waals surface area contributed by atoms with E-state index >= 15 is 0 Å². The van der Waals surface area contributed by atoms with Crippen molar-refractivity contribution in [3.63, 3.8) is 0 Å². The second kappa shape index (κ2) is 8.85. The maximum atomic E-state index is 12.6. The van der Waals surface area contributed by atoms with Crippen LogP contribution in [0.5, 0.6) is 0 Å². The molecule has 0 radical (unpaired) electrons. The Morgan fingerprint density at radius 2 is 2.00 bits per heavy atom. The number of hydrogen-bond donors (Lipinski definition) is 2. The molecule has 1 aromatic rings. The van der Waals surface area contributed by atoms with Gasteiger partial charge in [-0.15, -0.1) is 0 Å².